The molecule has 2 N–H and O–H groups in total. The van der Waals surface area contributed by atoms with Gasteiger partial charge < -0.3 is 10.6 Å². The predicted molar refractivity (Wildman–Crippen MR) is 86.0 cm³/mol. The lowest BCUT2D eigenvalue weighted by Crippen LogP contribution is -2.50. The number of urea groups is 1. The largest absolute Gasteiger partial charge is 0.336 e. The molecule has 3 atom stereocenters. The van der Waals surface area contributed by atoms with Crippen LogP contribution in [0.4, 0.5) is 4.79 Å². The molecule has 124 valence electrons. The average molecular weight is 318 g/mol. The maximum absolute atomic E-state index is 12.0. The molecule has 5 nitrogen and oxygen atoms in total. The summed E-state index contributed by atoms with van der Waals surface area (Å²) >= 11 is 0. The Labute approximate surface area is 129 Å². The molecular formula is C15H30N2O3S. The fraction of sp³-hybridized carbons (Fsp3) is 0.933. The van der Waals surface area contributed by atoms with Crippen molar-refractivity contribution in [2.75, 3.05) is 12.0 Å². The van der Waals surface area contributed by atoms with Gasteiger partial charge in [0.05, 0.1) is 5.75 Å². The number of carbonyl (C=O) groups is 1. The third-order valence-electron chi connectivity index (χ3n) is 4.29. The van der Waals surface area contributed by atoms with E-state index in [9.17, 15) is 13.2 Å². The van der Waals surface area contributed by atoms with Crippen molar-refractivity contribution in [1.29, 1.82) is 0 Å². The summed E-state index contributed by atoms with van der Waals surface area (Å²) in [5.74, 6) is 1.21. The van der Waals surface area contributed by atoms with Crippen LogP contribution in [0.3, 0.4) is 0 Å². The first-order valence-corrected chi connectivity index (χ1v) is 10.00. The molecule has 0 unspecified atom stereocenters. The molecule has 1 aliphatic rings. The normalized spacial score (nSPS) is 24.6. The van der Waals surface area contributed by atoms with E-state index in [2.05, 4.69) is 24.5 Å². The maximum atomic E-state index is 12.0. The summed E-state index contributed by atoms with van der Waals surface area (Å²) < 4.78 is 22.3. The lowest BCUT2D eigenvalue weighted by Gasteiger charge is -2.35. The van der Waals surface area contributed by atoms with Crippen molar-refractivity contribution < 1.29 is 13.2 Å². The lowest BCUT2D eigenvalue weighted by atomic mass is 9.78. The second-order valence-corrected chi connectivity index (χ2v) is 9.00. The third-order valence-corrected chi connectivity index (χ3v) is 5.27. The molecule has 1 fully saturated rings. The SMILES string of the molecule is CC(C)[C@H]1CCCC[C@H]1NC(=O)N[C@H](C)CCS(C)(=O)=O. The Morgan fingerprint density at radius 1 is 1.19 bits per heavy atom. The van der Waals surface area contributed by atoms with Gasteiger partial charge in [-0.05, 0) is 38.0 Å². The molecule has 1 saturated carbocycles. The lowest BCUT2D eigenvalue weighted by molar-refractivity contribution is 0.192. The first-order chi connectivity index (χ1) is 9.69. The van der Waals surface area contributed by atoms with E-state index in [1.54, 1.807) is 0 Å². The Morgan fingerprint density at radius 2 is 1.81 bits per heavy atom. The van der Waals surface area contributed by atoms with Crippen LogP contribution in [0.5, 0.6) is 0 Å². The van der Waals surface area contributed by atoms with Gasteiger partial charge in [-0.15, -0.1) is 0 Å². The number of hydrogen-bond acceptors (Lipinski definition) is 3. The van der Waals surface area contributed by atoms with E-state index in [0.29, 0.717) is 18.3 Å². The van der Waals surface area contributed by atoms with Crippen LogP contribution in [-0.4, -0.2) is 38.5 Å². The van der Waals surface area contributed by atoms with Crippen molar-refractivity contribution in [2.24, 2.45) is 11.8 Å². The molecule has 0 aromatic carbocycles. The number of amides is 2. The monoisotopic (exact) mass is 318 g/mol. The number of nitrogens with one attached hydrogen (secondary N) is 2. The van der Waals surface area contributed by atoms with Gasteiger partial charge in [0.1, 0.15) is 9.84 Å². The molecule has 0 aliphatic heterocycles. The highest BCUT2D eigenvalue weighted by Gasteiger charge is 2.28. The summed E-state index contributed by atoms with van der Waals surface area (Å²) in [7, 11) is -2.97. The molecule has 1 aliphatic carbocycles. The fourth-order valence-corrected chi connectivity index (χ4v) is 3.82. The van der Waals surface area contributed by atoms with Gasteiger partial charge in [-0.3, -0.25) is 0 Å². The molecule has 2 amide bonds. The summed E-state index contributed by atoms with van der Waals surface area (Å²) in [6.07, 6.45) is 6.28. The summed E-state index contributed by atoms with van der Waals surface area (Å²) in [6.45, 7) is 6.25. The highest BCUT2D eigenvalue weighted by molar-refractivity contribution is 7.90. The van der Waals surface area contributed by atoms with Crippen molar-refractivity contribution in [1.82, 2.24) is 10.6 Å². The second-order valence-electron chi connectivity index (χ2n) is 6.74. The molecule has 0 bridgehead atoms. The van der Waals surface area contributed by atoms with E-state index in [4.69, 9.17) is 0 Å². The van der Waals surface area contributed by atoms with E-state index in [0.717, 1.165) is 12.8 Å². The maximum Gasteiger partial charge on any atom is 0.315 e. The number of carbonyl (C=O) groups excluding carboxylic acids is 1. The molecule has 0 heterocycles. The van der Waals surface area contributed by atoms with E-state index in [-0.39, 0.29) is 23.9 Å². The van der Waals surface area contributed by atoms with Gasteiger partial charge in [-0.1, -0.05) is 26.7 Å². The van der Waals surface area contributed by atoms with Crippen LogP contribution in [0.2, 0.25) is 0 Å². The van der Waals surface area contributed by atoms with Crippen LogP contribution in [-0.2, 0) is 9.84 Å². The average Bonchev–Trinajstić information content (AvgIpc) is 2.35. The van der Waals surface area contributed by atoms with Gasteiger partial charge in [-0.25, -0.2) is 13.2 Å². The first-order valence-electron chi connectivity index (χ1n) is 7.94. The van der Waals surface area contributed by atoms with E-state index < -0.39 is 9.84 Å². The minimum absolute atomic E-state index is 0.104. The highest BCUT2D eigenvalue weighted by Crippen LogP contribution is 2.30. The smallest absolute Gasteiger partial charge is 0.315 e. The van der Waals surface area contributed by atoms with Crippen LogP contribution in [0.1, 0.15) is 52.9 Å². The zero-order valence-electron chi connectivity index (χ0n) is 13.7. The third kappa shape index (κ3) is 7.16. The zero-order chi connectivity index (χ0) is 16.0. The quantitative estimate of drug-likeness (QED) is 0.789. The molecule has 0 aromatic heterocycles. The van der Waals surface area contributed by atoms with Crippen molar-refractivity contribution in [2.45, 2.75) is 65.0 Å². The minimum atomic E-state index is -2.97. The van der Waals surface area contributed by atoms with E-state index in [1.165, 1.54) is 19.1 Å². The summed E-state index contributed by atoms with van der Waals surface area (Å²) in [4.78, 5) is 12.0. The standard InChI is InChI=1S/C15H30N2O3S/c1-11(2)13-7-5-6-8-14(13)17-15(18)16-12(3)9-10-21(4,19)20/h11-14H,5-10H2,1-4H3,(H2,16,17,18)/t12-,13-,14-/m1/s1. The van der Waals surface area contributed by atoms with Crippen molar-refractivity contribution in [3.8, 4) is 0 Å². The Balaban J connectivity index is 2.41. The van der Waals surface area contributed by atoms with Gasteiger partial charge >= 0.3 is 6.03 Å². The highest BCUT2D eigenvalue weighted by atomic mass is 32.2. The van der Waals surface area contributed by atoms with Crippen LogP contribution < -0.4 is 10.6 Å². The molecule has 0 saturated heterocycles. The number of rotatable bonds is 6. The molecule has 1 rings (SSSR count). The number of sulfone groups is 1. The Morgan fingerprint density at radius 3 is 2.38 bits per heavy atom. The summed E-state index contributed by atoms with van der Waals surface area (Å²) in [5, 5.41) is 5.92. The molecule has 21 heavy (non-hydrogen) atoms. The zero-order valence-corrected chi connectivity index (χ0v) is 14.5. The topological polar surface area (TPSA) is 75.3 Å². The van der Waals surface area contributed by atoms with Gasteiger partial charge in [0, 0.05) is 18.3 Å². The Hall–Kier alpha value is -0.780. The van der Waals surface area contributed by atoms with Crippen molar-refractivity contribution in [3.63, 3.8) is 0 Å². The summed E-state index contributed by atoms with van der Waals surface area (Å²) in [6, 6.07) is -0.0739. The van der Waals surface area contributed by atoms with Crippen molar-refractivity contribution >= 4 is 15.9 Å². The van der Waals surface area contributed by atoms with Crippen molar-refractivity contribution in [3.05, 3.63) is 0 Å². The predicted octanol–water partition coefficient (Wildman–Crippen LogP) is 2.32. The Kier molecular flexibility index (Phi) is 6.97. The van der Waals surface area contributed by atoms with Crippen LogP contribution in [0, 0.1) is 11.8 Å². The second kappa shape index (κ2) is 8.01. The van der Waals surface area contributed by atoms with Gasteiger partial charge in [-0.2, -0.15) is 0 Å². The van der Waals surface area contributed by atoms with Gasteiger partial charge in [0.15, 0.2) is 0 Å². The summed E-state index contributed by atoms with van der Waals surface area (Å²) in [5.41, 5.74) is 0. The van der Waals surface area contributed by atoms with Gasteiger partial charge in [0.25, 0.3) is 0 Å². The number of hydrogen-bond donors (Lipinski definition) is 2. The first kappa shape index (κ1) is 18.3. The molecule has 0 radical (unpaired) electrons. The molecular weight excluding hydrogens is 288 g/mol. The molecule has 6 heteroatoms. The minimum Gasteiger partial charge on any atom is -0.336 e. The molecule has 0 aromatic rings. The van der Waals surface area contributed by atoms with E-state index >= 15 is 0 Å². The molecule has 0 spiro atoms. The van der Waals surface area contributed by atoms with E-state index in [1.807, 2.05) is 6.92 Å². The fourth-order valence-electron chi connectivity index (χ4n) is 3.03. The van der Waals surface area contributed by atoms with Crippen LogP contribution >= 0.6 is 0 Å². The van der Waals surface area contributed by atoms with Crippen LogP contribution in [0.15, 0.2) is 0 Å². The van der Waals surface area contributed by atoms with Gasteiger partial charge in [0.2, 0.25) is 0 Å². The van der Waals surface area contributed by atoms with Crippen LogP contribution in [0.25, 0.3) is 0 Å². The Bertz CT molecular complexity index is 434.